The summed E-state index contributed by atoms with van der Waals surface area (Å²) in [6.07, 6.45) is 2.28. The number of rotatable bonds is 3. The highest BCUT2D eigenvalue weighted by molar-refractivity contribution is 5.68. The SMILES string of the molecule is Cc1ccc(-c2cn([C@@H]3CC[C@H](CO)O3)c(=O)nc2N)o1. The molecule has 112 valence electrons. The number of hydrogen-bond acceptors (Lipinski definition) is 6. The van der Waals surface area contributed by atoms with Crippen molar-refractivity contribution in [3.8, 4) is 11.3 Å². The van der Waals surface area contributed by atoms with Gasteiger partial charge in [-0.15, -0.1) is 0 Å². The molecule has 0 amide bonds. The van der Waals surface area contributed by atoms with Crippen molar-refractivity contribution in [1.82, 2.24) is 9.55 Å². The van der Waals surface area contributed by atoms with Gasteiger partial charge in [0.15, 0.2) is 0 Å². The van der Waals surface area contributed by atoms with Gasteiger partial charge in [0.2, 0.25) is 0 Å². The van der Waals surface area contributed by atoms with Gasteiger partial charge in [-0.05, 0) is 31.9 Å². The largest absolute Gasteiger partial charge is 0.461 e. The molecule has 2 atom stereocenters. The van der Waals surface area contributed by atoms with Gasteiger partial charge < -0.3 is 20.0 Å². The maximum Gasteiger partial charge on any atom is 0.351 e. The smallest absolute Gasteiger partial charge is 0.351 e. The Labute approximate surface area is 121 Å². The molecular formula is C14H17N3O4. The van der Waals surface area contributed by atoms with Crippen molar-refractivity contribution >= 4 is 5.82 Å². The van der Waals surface area contributed by atoms with Gasteiger partial charge in [-0.25, -0.2) is 4.79 Å². The summed E-state index contributed by atoms with van der Waals surface area (Å²) in [6, 6.07) is 3.60. The Bertz CT molecular complexity index is 706. The van der Waals surface area contributed by atoms with Crippen LogP contribution in [0.3, 0.4) is 0 Å². The van der Waals surface area contributed by atoms with Crippen LogP contribution < -0.4 is 11.4 Å². The van der Waals surface area contributed by atoms with Gasteiger partial charge in [-0.2, -0.15) is 4.98 Å². The van der Waals surface area contributed by atoms with Crippen LogP contribution in [0.25, 0.3) is 11.3 Å². The summed E-state index contributed by atoms with van der Waals surface area (Å²) in [6.45, 7) is 1.77. The second-order valence-corrected chi connectivity index (χ2v) is 5.11. The number of nitrogens with two attached hydrogens (primary N) is 1. The summed E-state index contributed by atoms with van der Waals surface area (Å²) in [5.41, 5.74) is 5.90. The first-order chi connectivity index (χ1) is 10.1. The number of ether oxygens (including phenoxy) is 1. The molecule has 0 saturated carbocycles. The highest BCUT2D eigenvalue weighted by atomic mass is 16.5. The zero-order valence-corrected chi connectivity index (χ0v) is 11.7. The third-order valence-corrected chi connectivity index (χ3v) is 3.59. The minimum absolute atomic E-state index is 0.0577. The number of hydrogen-bond donors (Lipinski definition) is 2. The zero-order valence-electron chi connectivity index (χ0n) is 11.7. The highest BCUT2D eigenvalue weighted by Crippen LogP contribution is 2.30. The lowest BCUT2D eigenvalue weighted by Gasteiger charge is -2.16. The van der Waals surface area contributed by atoms with E-state index in [2.05, 4.69) is 4.98 Å². The predicted molar refractivity (Wildman–Crippen MR) is 75.6 cm³/mol. The maximum atomic E-state index is 12.0. The molecule has 2 aromatic heterocycles. The first kappa shape index (κ1) is 13.8. The number of aliphatic hydroxyl groups is 1. The van der Waals surface area contributed by atoms with E-state index in [0.717, 1.165) is 5.76 Å². The number of aromatic nitrogens is 2. The lowest BCUT2D eigenvalue weighted by Crippen LogP contribution is -2.28. The monoisotopic (exact) mass is 291 g/mol. The molecule has 2 aromatic rings. The summed E-state index contributed by atoms with van der Waals surface area (Å²) in [7, 11) is 0. The molecule has 3 heterocycles. The Morgan fingerprint density at radius 1 is 1.48 bits per heavy atom. The predicted octanol–water partition coefficient (Wildman–Crippen LogP) is 1.06. The normalized spacial score (nSPS) is 21.8. The van der Waals surface area contributed by atoms with Gasteiger partial charge in [-0.1, -0.05) is 0 Å². The van der Waals surface area contributed by atoms with Crippen molar-refractivity contribution in [2.75, 3.05) is 12.3 Å². The molecule has 1 fully saturated rings. The molecule has 1 saturated heterocycles. The van der Waals surface area contributed by atoms with E-state index in [1.807, 2.05) is 13.0 Å². The average molecular weight is 291 g/mol. The van der Waals surface area contributed by atoms with Crippen LogP contribution in [0.1, 0.15) is 24.8 Å². The summed E-state index contributed by atoms with van der Waals surface area (Å²) in [4.78, 5) is 15.8. The van der Waals surface area contributed by atoms with Crippen molar-refractivity contribution in [2.24, 2.45) is 0 Å². The van der Waals surface area contributed by atoms with Crippen molar-refractivity contribution in [2.45, 2.75) is 32.1 Å². The van der Waals surface area contributed by atoms with Crippen LogP contribution in [-0.4, -0.2) is 27.4 Å². The molecule has 0 aromatic carbocycles. The summed E-state index contributed by atoms with van der Waals surface area (Å²) in [5, 5.41) is 9.12. The Balaban J connectivity index is 2.00. The molecule has 0 radical (unpaired) electrons. The van der Waals surface area contributed by atoms with E-state index in [1.165, 1.54) is 4.57 Å². The molecule has 1 aliphatic rings. The summed E-state index contributed by atoms with van der Waals surface area (Å²) < 4.78 is 12.6. The lowest BCUT2D eigenvalue weighted by molar-refractivity contribution is -0.0244. The third kappa shape index (κ3) is 2.57. The average Bonchev–Trinajstić information content (AvgIpc) is 3.08. The topological polar surface area (TPSA) is 104 Å². The minimum Gasteiger partial charge on any atom is -0.461 e. The lowest BCUT2D eigenvalue weighted by atomic mass is 10.2. The van der Waals surface area contributed by atoms with Crippen LogP contribution in [0.5, 0.6) is 0 Å². The van der Waals surface area contributed by atoms with Crippen LogP contribution in [-0.2, 0) is 4.74 Å². The number of aliphatic hydroxyl groups excluding tert-OH is 1. The van der Waals surface area contributed by atoms with Crippen LogP contribution >= 0.6 is 0 Å². The molecule has 1 aliphatic heterocycles. The Hall–Kier alpha value is -2.12. The fourth-order valence-electron chi connectivity index (χ4n) is 2.48. The Morgan fingerprint density at radius 3 is 2.90 bits per heavy atom. The number of aryl methyl sites for hydroxylation is 1. The van der Waals surface area contributed by atoms with Crippen LogP contribution in [0.4, 0.5) is 5.82 Å². The fraction of sp³-hybridized carbons (Fsp3) is 0.429. The Morgan fingerprint density at radius 2 is 2.29 bits per heavy atom. The second-order valence-electron chi connectivity index (χ2n) is 5.11. The number of anilines is 1. The molecule has 3 rings (SSSR count). The van der Waals surface area contributed by atoms with Gasteiger partial charge in [0, 0.05) is 6.20 Å². The van der Waals surface area contributed by atoms with E-state index in [0.29, 0.717) is 24.2 Å². The van der Waals surface area contributed by atoms with E-state index >= 15 is 0 Å². The van der Waals surface area contributed by atoms with E-state index in [1.54, 1.807) is 12.3 Å². The van der Waals surface area contributed by atoms with Gasteiger partial charge in [-0.3, -0.25) is 4.57 Å². The molecule has 0 spiro atoms. The van der Waals surface area contributed by atoms with Gasteiger partial charge in [0.25, 0.3) is 0 Å². The molecule has 0 unspecified atom stereocenters. The van der Waals surface area contributed by atoms with Crippen LogP contribution in [0.2, 0.25) is 0 Å². The maximum absolute atomic E-state index is 12.0. The van der Waals surface area contributed by atoms with Crippen molar-refractivity contribution in [3.05, 3.63) is 34.6 Å². The van der Waals surface area contributed by atoms with Crippen molar-refractivity contribution in [1.29, 1.82) is 0 Å². The number of nitrogens with zero attached hydrogens (tertiary/aromatic N) is 2. The number of nitrogen functional groups attached to an aromatic ring is 1. The fourth-order valence-corrected chi connectivity index (χ4v) is 2.48. The van der Waals surface area contributed by atoms with Gasteiger partial charge in [0.1, 0.15) is 23.6 Å². The first-order valence-electron chi connectivity index (χ1n) is 6.80. The minimum atomic E-state index is -0.469. The summed E-state index contributed by atoms with van der Waals surface area (Å²) >= 11 is 0. The second kappa shape index (κ2) is 5.34. The van der Waals surface area contributed by atoms with E-state index in [-0.39, 0.29) is 18.5 Å². The molecule has 0 aliphatic carbocycles. The third-order valence-electron chi connectivity index (χ3n) is 3.59. The molecular weight excluding hydrogens is 274 g/mol. The standard InChI is InChI=1S/C14H17N3O4/c1-8-2-4-11(20-8)10-6-17(14(19)16-13(10)15)12-5-3-9(7-18)21-12/h2,4,6,9,12,18H,3,5,7H2,1H3,(H2,15,16,19)/t9-,12+/m1/s1. The number of furan rings is 1. The van der Waals surface area contributed by atoms with E-state index in [4.69, 9.17) is 20.0 Å². The van der Waals surface area contributed by atoms with Crippen LogP contribution in [0, 0.1) is 6.92 Å². The first-order valence-corrected chi connectivity index (χ1v) is 6.80. The zero-order chi connectivity index (χ0) is 15.0. The van der Waals surface area contributed by atoms with Gasteiger partial charge >= 0.3 is 5.69 Å². The van der Waals surface area contributed by atoms with Crippen molar-refractivity contribution in [3.63, 3.8) is 0 Å². The quantitative estimate of drug-likeness (QED) is 0.876. The van der Waals surface area contributed by atoms with Crippen molar-refractivity contribution < 1.29 is 14.3 Å². The molecule has 21 heavy (non-hydrogen) atoms. The highest BCUT2D eigenvalue weighted by Gasteiger charge is 2.27. The Kier molecular flexibility index (Phi) is 3.52. The molecule has 7 heteroatoms. The molecule has 3 N–H and O–H groups in total. The van der Waals surface area contributed by atoms with E-state index in [9.17, 15) is 4.79 Å². The van der Waals surface area contributed by atoms with E-state index < -0.39 is 11.9 Å². The van der Waals surface area contributed by atoms with Crippen LogP contribution in [0.15, 0.2) is 27.5 Å². The summed E-state index contributed by atoms with van der Waals surface area (Å²) in [5.74, 6) is 1.44. The molecule has 7 nitrogen and oxygen atoms in total. The van der Waals surface area contributed by atoms with Gasteiger partial charge in [0.05, 0.1) is 18.3 Å². The molecule has 0 bridgehead atoms.